The SMILES string of the molecule is O=C(c1ccc(N2CCCCC2)c([N+](=O)[O-])c1)N(C1CCCC1)C1CC1. The van der Waals surface area contributed by atoms with Crippen molar-refractivity contribution < 1.29 is 9.72 Å². The van der Waals surface area contributed by atoms with E-state index in [0.717, 1.165) is 51.6 Å². The fraction of sp³-hybridized carbons (Fsp3) is 0.650. The third kappa shape index (κ3) is 3.41. The predicted molar refractivity (Wildman–Crippen MR) is 101 cm³/mol. The van der Waals surface area contributed by atoms with Gasteiger partial charge in [0.25, 0.3) is 11.6 Å². The zero-order chi connectivity index (χ0) is 18.1. The number of piperidine rings is 1. The highest BCUT2D eigenvalue weighted by Crippen LogP contribution is 2.37. The molecule has 0 aromatic heterocycles. The van der Waals surface area contributed by atoms with E-state index in [1.807, 2.05) is 4.90 Å². The van der Waals surface area contributed by atoms with Gasteiger partial charge in [-0.3, -0.25) is 14.9 Å². The number of hydrogen-bond acceptors (Lipinski definition) is 4. The van der Waals surface area contributed by atoms with Crippen LogP contribution in [0.4, 0.5) is 11.4 Å². The molecule has 2 saturated carbocycles. The molecule has 0 bridgehead atoms. The van der Waals surface area contributed by atoms with Gasteiger partial charge in [0.15, 0.2) is 0 Å². The molecule has 4 rings (SSSR count). The summed E-state index contributed by atoms with van der Waals surface area (Å²) in [6, 6.07) is 5.75. The van der Waals surface area contributed by atoms with E-state index in [1.54, 1.807) is 12.1 Å². The minimum atomic E-state index is -0.336. The van der Waals surface area contributed by atoms with Gasteiger partial charge < -0.3 is 9.80 Å². The Morgan fingerprint density at radius 3 is 2.27 bits per heavy atom. The Bertz CT molecular complexity index is 690. The zero-order valence-electron chi connectivity index (χ0n) is 15.2. The monoisotopic (exact) mass is 357 g/mol. The molecular formula is C20H27N3O3. The number of nitro benzene ring substituents is 1. The summed E-state index contributed by atoms with van der Waals surface area (Å²) < 4.78 is 0. The van der Waals surface area contributed by atoms with Gasteiger partial charge in [-0.2, -0.15) is 0 Å². The number of nitrogens with zero attached hydrogens (tertiary/aromatic N) is 3. The van der Waals surface area contributed by atoms with Crippen LogP contribution in [-0.4, -0.2) is 40.9 Å². The van der Waals surface area contributed by atoms with Crippen molar-refractivity contribution in [3.63, 3.8) is 0 Å². The normalized spacial score (nSPS) is 21.0. The van der Waals surface area contributed by atoms with Gasteiger partial charge in [0.05, 0.1) is 4.92 Å². The predicted octanol–water partition coefficient (Wildman–Crippen LogP) is 4.13. The second-order valence-corrected chi connectivity index (χ2v) is 7.89. The second kappa shape index (κ2) is 7.25. The van der Waals surface area contributed by atoms with Gasteiger partial charge >= 0.3 is 0 Å². The topological polar surface area (TPSA) is 66.7 Å². The van der Waals surface area contributed by atoms with Crippen LogP contribution in [0.5, 0.6) is 0 Å². The Balaban J connectivity index is 1.62. The maximum absolute atomic E-state index is 13.2. The fourth-order valence-electron chi connectivity index (χ4n) is 4.52. The highest BCUT2D eigenvalue weighted by molar-refractivity contribution is 5.96. The number of amides is 1. The van der Waals surface area contributed by atoms with Crippen LogP contribution in [0.3, 0.4) is 0 Å². The number of benzene rings is 1. The Kier molecular flexibility index (Phi) is 4.83. The molecule has 1 aliphatic heterocycles. The van der Waals surface area contributed by atoms with E-state index in [0.29, 0.717) is 23.3 Å². The molecule has 2 aliphatic carbocycles. The highest BCUT2D eigenvalue weighted by Gasteiger charge is 2.39. The van der Waals surface area contributed by atoms with Crippen LogP contribution in [0.15, 0.2) is 18.2 Å². The molecule has 1 aromatic rings. The van der Waals surface area contributed by atoms with Crippen molar-refractivity contribution in [3.05, 3.63) is 33.9 Å². The standard InChI is InChI=1S/C20H27N3O3/c24-20(22(17-9-10-17)16-6-2-3-7-16)15-8-11-18(19(14-15)23(25)26)21-12-4-1-5-13-21/h8,11,14,16-17H,1-7,9-10,12-13H2. The van der Waals surface area contributed by atoms with E-state index >= 15 is 0 Å². The summed E-state index contributed by atoms with van der Waals surface area (Å²) in [6.07, 6.45) is 9.92. The third-order valence-electron chi connectivity index (χ3n) is 6.01. The Hall–Kier alpha value is -2.11. The Labute approximate surface area is 154 Å². The van der Waals surface area contributed by atoms with Crippen LogP contribution in [0.25, 0.3) is 0 Å². The summed E-state index contributed by atoms with van der Waals surface area (Å²) >= 11 is 0. The Morgan fingerprint density at radius 1 is 1.00 bits per heavy atom. The first kappa shape index (κ1) is 17.3. The molecule has 6 heteroatoms. The molecular weight excluding hydrogens is 330 g/mol. The summed E-state index contributed by atoms with van der Waals surface area (Å²) in [7, 11) is 0. The molecule has 3 fully saturated rings. The van der Waals surface area contributed by atoms with E-state index in [1.165, 1.54) is 25.3 Å². The van der Waals surface area contributed by atoms with Crippen LogP contribution < -0.4 is 4.90 Å². The van der Waals surface area contributed by atoms with E-state index in [2.05, 4.69) is 4.90 Å². The lowest BCUT2D eigenvalue weighted by atomic mass is 10.1. The molecule has 1 aromatic carbocycles. The molecule has 1 saturated heterocycles. The van der Waals surface area contributed by atoms with Crippen molar-refractivity contribution in [1.82, 2.24) is 4.90 Å². The van der Waals surface area contributed by atoms with Crippen molar-refractivity contribution >= 4 is 17.3 Å². The average molecular weight is 357 g/mol. The summed E-state index contributed by atoms with van der Waals surface area (Å²) in [5.74, 6) is -0.0207. The summed E-state index contributed by atoms with van der Waals surface area (Å²) in [4.78, 5) is 28.6. The molecule has 1 heterocycles. The van der Waals surface area contributed by atoms with E-state index in [9.17, 15) is 14.9 Å². The lowest BCUT2D eigenvalue weighted by molar-refractivity contribution is -0.384. The van der Waals surface area contributed by atoms with Crippen LogP contribution in [-0.2, 0) is 0 Å². The summed E-state index contributed by atoms with van der Waals surface area (Å²) in [5, 5.41) is 11.7. The van der Waals surface area contributed by atoms with Crippen molar-refractivity contribution in [3.8, 4) is 0 Å². The maximum atomic E-state index is 13.2. The number of carbonyl (C=O) groups is 1. The third-order valence-corrected chi connectivity index (χ3v) is 6.01. The maximum Gasteiger partial charge on any atom is 0.293 e. The smallest absolute Gasteiger partial charge is 0.293 e. The molecule has 3 aliphatic rings. The number of nitro groups is 1. The molecule has 0 unspecified atom stereocenters. The van der Waals surface area contributed by atoms with E-state index < -0.39 is 0 Å². The minimum absolute atomic E-state index is 0.0207. The van der Waals surface area contributed by atoms with Gasteiger partial charge in [-0.1, -0.05) is 12.8 Å². The Morgan fingerprint density at radius 2 is 1.65 bits per heavy atom. The van der Waals surface area contributed by atoms with Crippen LogP contribution >= 0.6 is 0 Å². The first-order chi connectivity index (χ1) is 12.6. The number of hydrogen-bond donors (Lipinski definition) is 0. The van der Waals surface area contributed by atoms with Gasteiger partial charge in [-0.25, -0.2) is 0 Å². The second-order valence-electron chi connectivity index (χ2n) is 7.89. The molecule has 1 amide bonds. The molecule has 0 atom stereocenters. The van der Waals surface area contributed by atoms with Crippen LogP contribution in [0.1, 0.15) is 68.1 Å². The van der Waals surface area contributed by atoms with Crippen LogP contribution in [0, 0.1) is 10.1 Å². The van der Waals surface area contributed by atoms with Gasteiger partial charge in [0, 0.05) is 36.8 Å². The number of anilines is 1. The van der Waals surface area contributed by atoms with Gasteiger partial charge in [-0.15, -0.1) is 0 Å². The molecule has 140 valence electrons. The lowest BCUT2D eigenvalue weighted by Gasteiger charge is -2.30. The number of rotatable bonds is 5. The molecule has 0 spiro atoms. The van der Waals surface area contributed by atoms with Gasteiger partial charge in [-0.05, 0) is 57.1 Å². The quantitative estimate of drug-likeness (QED) is 0.587. The summed E-state index contributed by atoms with van der Waals surface area (Å²) in [5.41, 5.74) is 1.20. The van der Waals surface area contributed by atoms with Crippen molar-refractivity contribution in [2.24, 2.45) is 0 Å². The molecule has 0 N–H and O–H groups in total. The fourth-order valence-corrected chi connectivity index (χ4v) is 4.52. The molecule has 26 heavy (non-hydrogen) atoms. The van der Waals surface area contributed by atoms with Crippen molar-refractivity contribution in [2.45, 2.75) is 69.9 Å². The van der Waals surface area contributed by atoms with Gasteiger partial charge in [0.1, 0.15) is 5.69 Å². The highest BCUT2D eigenvalue weighted by atomic mass is 16.6. The molecule has 6 nitrogen and oxygen atoms in total. The summed E-state index contributed by atoms with van der Waals surface area (Å²) in [6.45, 7) is 1.70. The lowest BCUT2D eigenvalue weighted by Crippen LogP contribution is -2.40. The van der Waals surface area contributed by atoms with E-state index in [4.69, 9.17) is 0 Å². The zero-order valence-corrected chi connectivity index (χ0v) is 15.2. The largest absolute Gasteiger partial charge is 0.366 e. The van der Waals surface area contributed by atoms with E-state index in [-0.39, 0.29) is 16.5 Å². The first-order valence-corrected chi connectivity index (χ1v) is 10.0. The van der Waals surface area contributed by atoms with Crippen molar-refractivity contribution in [2.75, 3.05) is 18.0 Å². The van der Waals surface area contributed by atoms with Gasteiger partial charge in [0.2, 0.25) is 0 Å². The first-order valence-electron chi connectivity index (χ1n) is 10.0. The molecule has 0 radical (unpaired) electrons. The minimum Gasteiger partial charge on any atom is -0.366 e. The van der Waals surface area contributed by atoms with Crippen LogP contribution in [0.2, 0.25) is 0 Å². The average Bonchev–Trinajstić information content (AvgIpc) is 3.35. The number of carbonyl (C=O) groups excluding carboxylic acids is 1. The van der Waals surface area contributed by atoms with Crippen molar-refractivity contribution in [1.29, 1.82) is 0 Å².